The Hall–Kier alpha value is 0.700. The van der Waals surface area contributed by atoms with Gasteiger partial charge in [-0.3, -0.25) is 0 Å². The lowest BCUT2D eigenvalue weighted by molar-refractivity contribution is 0.520. The molecule has 0 radical (unpaired) electrons. The van der Waals surface area contributed by atoms with Gasteiger partial charge in [0, 0.05) is 11.5 Å². The average molecular weight is 162 g/mol. The van der Waals surface area contributed by atoms with Crippen LogP contribution in [0.3, 0.4) is 0 Å². The van der Waals surface area contributed by atoms with Crippen molar-refractivity contribution in [3.63, 3.8) is 0 Å². The maximum absolute atomic E-state index is 2.28. The maximum atomic E-state index is 2.28. The van der Waals surface area contributed by atoms with Crippen LogP contribution in [0.2, 0.25) is 0 Å². The van der Waals surface area contributed by atoms with Gasteiger partial charge in [-0.2, -0.15) is 0 Å². The van der Waals surface area contributed by atoms with Crippen molar-refractivity contribution in [2.45, 2.75) is 26.2 Å². The lowest BCUT2D eigenvalue weighted by atomic mass is 10.0. The van der Waals surface area contributed by atoms with E-state index in [0.717, 1.165) is 5.92 Å². The monoisotopic (exact) mass is 162 g/mol. The first-order valence-corrected chi connectivity index (χ1v) is 6.16. The molecule has 1 saturated heterocycles. The van der Waals surface area contributed by atoms with Crippen molar-refractivity contribution in [1.82, 2.24) is 0 Å². The van der Waals surface area contributed by atoms with Crippen molar-refractivity contribution in [2.24, 2.45) is 5.92 Å². The first-order valence-electron chi connectivity index (χ1n) is 3.68. The maximum Gasteiger partial charge on any atom is 0.00656 e. The van der Waals surface area contributed by atoms with Crippen LogP contribution in [0.15, 0.2) is 0 Å². The lowest BCUT2D eigenvalue weighted by Gasteiger charge is -2.19. The van der Waals surface area contributed by atoms with E-state index in [0.29, 0.717) is 0 Å². The first-order chi connectivity index (χ1) is 4.43. The molecule has 0 spiro atoms. The van der Waals surface area contributed by atoms with E-state index in [2.05, 4.69) is 17.7 Å². The third kappa shape index (κ3) is 2.85. The van der Waals surface area contributed by atoms with E-state index in [-0.39, 0.29) is 0 Å². The first kappa shape index (κ1) is 7.80. The molecular formula is C7H14S2. The summed E-state index contributed by atoms with van der Waals surface area (Å²) in [6, 6.07) is 0. The van der Waals surface area contributed by atoms with Crippen molar-refractivity contribution >= 4 is 21.6 Å². The van der Waals surface area contributed by atoms with Crippen LogP contribution < -0.4 is 0 Å². The van der Waals surface area contributed by atoms with E-state index in [1.807, 2.05) is 10.8 Å². The summed E-state index contributed by atoms with van der Waals surface area (Å²) in [6.07, 6.45) is 4.29. The fourth-order valence-electron chi connectivity index (χ4n) is 1.14. The summed E-state index contributed by atoms with van der Waals surface area (Å²) < 4.78 is 0. The second-order valence-corrected chi connectivity index (χ2v) is 5.18. The minimum Gasteiger partial charge on any atom is -0.0941 e. The van der Waals surface area contributed by atoms with Gasteiger partial charge in [-0.25, -0.2) is 0 Å². The van der Waals surface area contributed by atoms with Gasteiger partial charge >= 0.3 is 0 Å². The molecule has 1 aliphatic rings. The van der Waals surface area contributed by atoms with Gasteiger partial charge in [-0.05, 0) is 18.8 Å². The van der Waals surface area contributed by atoms with E-state index < -0.39 is 0 Å². The van der Waals surface area contributed by atoms with Crippen LogP contribution >= 0.6 is 21.6 Å². The van der Waals surface area contributed by atoms with Crippen LogP contribution in [0.4, 0.5) is 0 Å². The third-order valence-corrected chi connectivity index (χ3v) is 4.28. The molecule has 9 heavy (non-hydrogen) atoms. The van der Waals surface area contributed by atoms with E-state index in [4.69, 9.17) is 0 Å². The fraction of sp³-hybridized carbons (Fsp3) is 1.00. The van der Waals surface area contributed by atoms with Gasteiger partial charge in [0.2, 0.25) is 0 Å². The Morgan fingerprint density at radius 1 is 1.44 bits per heavy atom. The zero-order valence-corrected chi connectivity index (χ0v) is 7.56. The van der Waals surface area contributed by atoms with Gasteiger partial charge in [0.05, 0.1) is 0 Å². The second-order valence-electron chi connectivity index (χ2n) is 2.55. The molecule has 0 amide bonds. The van der Waals surface area contributed by atoms with Gasteiger partial charge in [0.25, 0.3) is 0 Å². The quantitative estimate of drug-likeness (QED) is 0.572. The average Bonchev–Trinajstić information content (AvgIpc) is 1.91. The zero-order chi connectivity index (χ0) is 6.53. The summed E-state index contributed by atoms with van der Waals surface area (Å²) in [7, 11) is 4.10. The largest absolute Gasteiger partial charge is 0.0941 e. The lowest BCUT2D eigenvalue weighted by Crippen LogP contribution is -2.07. The minimum absolute atomic E-state index is 1.04. The molecule has 1 unspecified atom stereocenters. The smallest absolute Gasteiger partial charge is 0.00656 e. The van der Waals surface area contributed by atoms with Crippen LogP contribution in [0, 0.1) is 5.92 Å². The van der Waals surface area contributed by atoms with Crippen LogP contribution in [-0.2, 0) is 0 Å². The Labute approximate surface area is 65.6 Å². The molecular weight excluding hydrogens is 148 g/mol. The molecule has 0 saturated carbocycles. The number of rotatable bonds is 2. The molecule has 0 aromatic heterocycles. The van der Waals surface area contributed by atoms with Gasteiger partial charge in [0.15, 0.2) is 0 Å². The fourth-order valence-corrected chi connectivity index (χ4v) is 3.81. The van der Waals surface area contributed by atoms with E-state index in [1.54, 1.807) is 0 Å². The summed E-state index contributed by atoms with van der Waals surface area (Å²) in [6.45, 7) is 2.28. The highest BCUT2D eigenvalue weighted by atomic mass is 33.1. The predicted molar refractivity (Wildman–Crippen MR) is 47.9 cm³/mol. The van der Waals surface area contributed by atoms with Crippen molar-refractivity contribution < 1.29 is 0 Å². The molecule has 0 aliphatic carbocycles. The highest BCUT2D eigenvalue weighted by Crippen LogP contribution is 2.34. The molecule has 0 nitrogen and oxygen atoms in total. The van der Waals surface area contributed by atoms with Crippen LogP contribution in [0.25, 0.3) is 0 Å². The van der Waals surface area contributed by atoms with Crippen LogP contribution in [0.5, 0.6) is 0 Å². The second kappa shape index (κ2) is 4.51. The molecule has 2 heteroatoms. The topological polar surface area (TPSA) is 0 Å². The Morgan fingerprint density at radius 3 is 2.89 bits per heavy atom. The summed E-state index contributed by atoms with van der Waals surface area (Å²) in [4.78, 5) is 0. The molecule has 0 aromatic rings. The summed E-state index contributed by atoms with van der Waals surface area (Å²) in [5.41, 5.74) is 0. The molecule has 0 aromatic carbocycles. The molecule has 1 heterocycles. The van der Waals surface area contributed by atoms with Crippen LogP contribution in [0.1, 0.15) is 26.2 Å². The van der Waals surface area contributed by atoms with Gasteiger partial charge in [-0.15, -0.1) is 0 Å². The van der Waals surface area contributed by atoms with E-state index in [9.17, 15) is 0 Å². The molecule has 0 N–H and O–H groups in total. The molecule has 1 rings (SSSR count). The highest BCUT2D eigenvalue weighted by molar-refractivity contribution is 8.76. The minimum atomic E-state index is 1.04. The Kier molecular flexibility index (Phi) is 3.91. The van der Waals surface area contributed by atoms with Crippen molar-refractivity contribution in [3.05, 3.63) is 0 Å². The Morgan fingerprint density at radius 2 is 2.33 bits per heavy atom. The van der Waals surface area contributed by atoms with E-state index in [1.165, 1.54) is 30.8 Å². The van der Waals surface area contributed by atoms with Crippen LogP contribution in [-0.4, -0.2) is 11.5 Å². The highest BCUT2D eigenvalue weighted by Gasteiger charge is 2.12. The molecule has 0 bridgehead atoms. The molecule has 54 valence electrons. The third-order valence-electron chi connectivity index (χ3n) is 1.69. The van der Waals surface area contributed by atoms with Gasteiger partial charge in [-0.1, -0.05) is 34.9 Å². The van der Waals surface area contributed by atoms with Crippen molar-refractivity contribution in [2.75, 3.05) is 11.5 Å². The molecule has 1 aliphatic heterocycles. The Balaban J connectivity index is 2.08. The molecule has 1 fully saturated rings. The number of hydrogen-bond acceptors (Lipinski definition) is 2. The zero-order valence-electron chi connectivity index (χ0n) is 5.93. The summed E-state index contributed by atoms with van der Waals surface area (Å²) in [5, 5.41) is 0. The summed E-state index contributed by atoms with van der Waals surface area (Å²) >= 11 is 0. The molecule has 1 atom stereocenters. The standard InChI is InChI=1S/C7H14S2/c1-2-3-7-4-5-8-9-6-7/h7H,2-6H2,1H3. The summed E-state index contributed by atoms with van der Waals surface area (Å²) in [5.74, 6) is 3.83. The number of hydrogen-bond donors (Lipinski definition) is 0. The SMILES string of the molecule is CCCC1CCSSC1. The Bertz CT molecular complexity index is 64.6. The van der Waals surface area contributed by atoms with E-state index >= 15 is 0 Å². The normalized spacial score (nSPS) is 28.3. The van der Waals surface area contributed by atoms with Crippen molar-refractivity contribution in [3.8, 4) is 0 Å². The van der Waals surface area contributed by atoms with Gasteiger partial charge < -0.3 is 0 Å². The van der Waals surface area contributed by atoms with Crippen molar-refractivity contribution in [1.29, 1.82) is 0 Å². The van der Waals surface area contributed by atoms with Gasteiger partial charge in [0.1, 0.15) is 0 Å². The predicted octanol–water partition coefficient (Wildman–Crippen LogP) is 3.19.